The van der Waals surface area contributed by atoms with Gasteiger partial charge in [-0.1, -0.05) is 48.0 Å². The maximum Gasteiger partial charge on any atom is 0.0731 e. The quantitative estimate of drug-likeness (QED) is 0.804. The van der Waals surface area contributed by atoms with E-state index in [-0.39, 0.29) is 0 Å². The summed E-state index contributed by atoms with van der Waals surface area (Å²) < 4.78 is 5.84. The highest BCUT2D eigenvalue weighted by atomic mass is 35.5. The van der Waals surface area contributed by atoms with E-state index >= 15 is 0 Å². The first kappa shape index (κ1) is 13.0. The highest BCUT2D eigenvalue weighted by molar-refractivity contribution is 7.99. The predicted octanol–water partition coefficient (Wildman–Crippen LogP) is 4.75. The molecule has 0 aromatic heterocycles. The van der Waals surface area contributed by atoms with Gasteiger partial charge in [0.25, 0.3) is 0 Å². The number of hydrogen-bond donors (Lipinski definition) is 0. The predicted molar refractivity (Wildman–Crippen MR) is 81.0 cm³/mol. The first-order valence-electron chi connectivity index (χ1n) is 6.37. The van der Waals surface area contributed by atoms with Crippen LogP contribution in [0, 0.1) is 0 Å². The average Bonchev–Trinajstić information content (AvgIpc) is 2.85. The van der Waals surface area contributed by atoms with Crippen molar-refractivity contribution in [1.29, 1.82) is 0 Å². The van der Waals surface area contributed by atoms with Gasteiger partial charge in [0.2, 0.25) is 0 Å². The lowest BCUT2D eigenvalue weighted by atomic mass is 10.0. The topological polar surface area (TPSA) is 9.23 Å². The Labute approximate surface area is 122 Å². The van der Waals surface area contributed by atoms with Crippen LogP contribution in [-0.2, 0) is 11.3 Å². The van der Waals surface area contributed by atoms with E-state index in [1.165, 1.54) is 10.5 Å². The third-order valence-corrected chi connectivity index (χ3v) is 4.95. The van der Waals surface area contributed by atoms with Crippen molar-refractivity contribution < 1.29 is 4.74 Å². The molecule has 2 aromatic carbocycles. The number of fused-ring (bicyclic) bond motifs is 1. The van der Waals surface area contributed by atoms with Crippen molar-refractivity contribution in [2.45, 2.75) is 17.4 Å². The summed E-state index contributed by atoms with van der Waals surface area (Å²) in [5.41, 5.74) is 2.48. The first-order chi connectivity index (χ1) is 9.34. The number of hydrogen-bond acceptors (Lipinski definition) is 2. The van der Waals surface area contributed by atoms with Gasteiger partial charge >= 0.3 is 0 Å². The molecule has 1 aliphatic heterocycles. The molecule has 0 fully saturated rings. The van der Waals surface area contributed by atoms with Gasteiger partial charge in [-0.05, 0) is 23.3 Å². The summed E-state index contributed by atoms with van der Waals surface area (Å²) in [7, 11) is 0. The lowest BCUT2D eigenvalue weighted by molar-refractivity contribution is 0.111. The average molecular weight is 291 g/mol. The summed E-state index contributed by atoms with van der Waals surface area (Å²) in [5.74, 6) is 1.62. The van der Waals surface area contributed by atoms with Crippen LogP contribution in [0.2, 0.25) is 5.02 Å². The van der Waals surface area contributed by atoms with Gasteiger partial charge in [-0.3, -0.25) is 0 Å². The molecule has 0 saturated heterocycles. The van der Waals surface area contributed by atoms with Gasteiger partial charge in [0.05, 0.1) is 13.2 Å². The highest BCUT2D eigenvalue weighted by Crippen LogP contribution is 2.39. The molecule has 0 N–H and O–H groups in total. The Balaban J connectivity index is 1.58. The summed E-state index contributed by atoms with van der Waals surface area (Å²) >= 11 is 8.04. The van der Waals surface area contributed by atoms with Crippen LogP contribution in [0.3, 0.4) is 0 Å². The highest BCUT2D eigenvalue weighted by Gasteiger charge is 2.22. The minimum atomic E-state index is 0.503. The van der Waals surface area contributed by atoms with E-state index in [4.69, 9.17) is 16.3 Å². The number of halogens is 1. The molecule has 2 aromatic rings. The lowest BCUT2D eigenvalue weighted by Crippen LogP contribution is -2.07. The number of thioether (sulfide) groups is 1. The van der Waals surface area contributed by atoms with Crippen LogP contribution in [0.25, 0.3) is 0 Å². The van der Waals surface area contributed by atoms with Gasteiger partial charge in [0.15, 0.2) is 0 Å². The standard InChI is InChI=1S/C16H15ClOS/c17-15-7-3-1-5-12(15)9-18-10-13-11-19-16-8-4-2-6-14(13)16/h1-8,13H,9-11H2. The summed E-state index contributed by atoms with van der Waals surface area (Å²) in [6, 6.07) is 16.4. The molecule has 0 radical (unpaired) electrons. The molecule has 0 aliphatic carbocycles. The van der Waals surface area contributed by atoms with Crippen molar-refractivity contribution in [3.05, 3.63) is 64.7 Å². The molecule has 0 amide bonds. The molecule has 3 rings (SSSR count). The molecule has 0 spiro atoms. The molecule has 19 heavy (non-hydrogen) atoms. The van der Waals surface area contributed by atoms with E-state index in [9.17, 15) is 0 Å². The fraction of sp³-hybridized carbons (Fsp3) is 0.250. The first-order valence-corrected chi connectivity index (χ1v) is 7.74. The number of benzene rings is 2. The third kappa shape index (κ3) is 2.97. The normalized spacial score (nSPS) is 17.4. The largest absolute Gasteiger partial charge is 0.376 e. The molecular weight excluding hydrogens is 276 g/mol. The van der Waals surface area contributed by atoms with Crippen molar-refractivity contribution in [3.63, 3.8) is 0 Å². The zero-order valence-electron chi connectivity index (χ0n) is 10.5. The minimum absolute atomic E-state index is 0.503. The fourth-order valence-electron chi connectivity index (χ4n) is 2.29. The van der Waals surface area contributed by atoms with Crippen LogP contribution in [0.1, 0.15) is 17.0 Å². The van der Waals surface area contributed by atoms with Crippen molar-refractivity contribution in [3.8, 4) is 0 Å². The SMILES string of the molecule is Clc1ccccc1COCC1CSc2ccccc21. The second-order valence-electron chi connectivity index (χ2n) is 4.65. The van der Waals surface area contributed by atoms with Crippen molar-refractivity contribution >= 4 is 23.4 Å². The Morgan fingerprint density at radius 1 is 1.11 bits per heavy atom. The third-order valence-electron chi connectivity index (χ3n) is 3.33. The molecule has 1 unspecified atom stereocenters. The molecule has 1 heterocycles. The Morgan fingerprint density at radius 2 is 1.89 bits per heavy atom. The van der Waals surface area contributed by atoms with E-state index in [0.717, 1.165) is 22.9 Å². The van der Waals surface area contributed by atoms with E-state index in [0.29, 0.717) is 12.5 Å². The van der Waals surface area contributed by atoms with Gasteiger partial charge < -0.3 is 4.74 Å². The van der Waals surface area contributed by atoms with Crippen LogP contribution < -0.4 is 0 Å². The van der Waals surface area contributed by atoms with Crippen molar-refractivity contribution in [2.75, 3.05) is 12.4 Å². The number of rotatable bonds is 4. The van der Waals surface area contributed by atoms with Gasteiger partial charge in [0, 0.05) is 21.6 Å². The van der Waals surface area contributed by atoms with Crippen LogP contribution >= 0.6 is 23.4 Å². The molecule has 1 aliphatic rings. The van der Waals surface area contributed by atoms with Crippen LogP contribution in [0.15, 0.2) is 53.4 Å². The van der Waals surface area contributed by atoms with Crippen molar-refractivity contribution in [2.24, 2.45) is 0 Å². The molecule has 0 bridgehead atoms. The Bertz CT molecular complexity index is 570. The van der Waals surface area contributed by atoms with Crippen molar-refractivity contribution in [1.82, 2.24) is 0 Å². The summed E-state index contributed by atoms with van der Waals surface area (Å²) in [6.07, 6.45) is 0. The van der Waals surface area contributed by atoms with Crippen LogP contribution in [0.4, 0.5) is 0 Å². The molecule has 1 atom stereocenters. The molecule has 98 valence electrons. The maximum atomic E-state index is 6.12. The Morgan fingerprint density at radius 3 is 2.79 bits per heavy atom. The van der Waals surface area contributed by atoms with Gasteiger partial charge in [-0.2, -0.15) is 0 Å². The molecule has 3 heteroatoms. The zero-order valence-corrected chi connectivity index (χ0v) is 12.1. The fourth-order valence-corrected chi connectivity index (χ4v) is 3.72. The second kappa shape index (κ2) is 6.00. The Hall–Kier alpha value is -0.960. The zero-order chi connectivity index (χ0) is 13.1. The van der Waals surface area contributed by atoms with E-state index in [1.54, 1.807) is 0 Å². The smallest absolute Gasteiger partial charge is 0.0731 e. The summed E-state index contributed by atoms with van der Waals surface area (Å²) in [4.78, 5) is 1.40. The molecule has 0 saturated carbocycles. The van der Waals surface area contributed by atoms with Gasteiger partial charge in [0.1, 0.15) is 0 Å². The molecule has 1 nitrogen and oxygen atoms in total. The van der Waals surface area contributed by atoms with Crippen LogP contribution in [-0.4, -0.2) is 12.4 Å². The van der Waals surface area contributed by atoms with Gasteiger partial charge in [-0.25, -0.2) is 0 Å². The second-order valence-corrected chi connectivity index (χ2v) is 6.12. The summed E-state index contributed by atoms with van der Waals surface area (Å²) in [5, 5.41) is 0.781. The monoisotopic (exact) mass is 290 g/mol. The molecular formula is C16H15ClOS. The van der Waals surface area contributed by atoms with E-state index in [1.807, 2.05) is 36.0 Å². The number of ether oxygens (including phenoxy) is 1. The summed E-state index contributed by atoms with van der Waals surface area (Å²) in [6.45, 7) is 1.35. The maximum absolute atomic E-state index is 6.12. The Kier molecular flexibility index (Phi) is 4.12. The van der Waals surface area contributed by atoms with Crippen LogP contribution in [0.5, 0.6) is 0 Å². The van der Waals surface area contributed by atoms with Gasteiger partial charge in [-0.15, -0.1) is 11.8 Å². The lowest BCUT2D eigenvalue weighted by Gasteiger charge is -2.12. The minimum Gasteiger partial charge on any atom is -0.376 e. The van der Waals surface area contributed by atoms with E-state index in [2.05, 4.69) is 24.3 Å². The van der Waals surface area contributed by atoms with E-state index < -0.39 is 0 Å².